The average molecular weight is 252 g/mol. The van der Waals surface area contributed by atoms with Gasteiger partial charge in [-0.3, -0.25) is 9.78 Å². The van der Waals surface area contributed by atoms with Gasteiger partial charge in [-0.2, -0.15) is 0 Å². The first-order valence-electron chi connectivity index (χ1n) is 5.36. The summed E-state index contributed by atoms with van der Waals surface area (Å²) in [6.07, 6.45) is 1.52. The highest BCUT2D eigenvalue weighted by Crippen LogP contribution is 2.06. The number of rotatable bonds is 5. The lowest BCUT2D eigenvalue weighted by atomic mass is 10.2. The number of aromatic nitrogens is 1. The molecule has 0 aliphatic heterocycles. The lowest BCUT2D eigenvalue weighted by Crippen LogP contribution is -2.46. The molecule has 18 heavy (non-hydrogen) atoms. The molecule has 1 amide bonds. The molecule has 1 atom stereocenters. The van der Waals surface area contributed by atoms with Crippen molar-refractivity contribution in [2.24, 2.45) is 0 Å². The van der Waals surface area contributed by atoms with Crippen LogP contribution in [0.4, 0.5) is 0 Å². The predicted octanol–water partition coefficient (Wildman–Crippen LogP) is 0.342. The van der Waals surface area contributed by atoms with Gasteiger partial charge in [0.15, 0.2) is 6.04 Å². The standard InChI is InChI=1S/C12H16N2O4/c1-14(10(8-17-2)12(16)18-3)11(15)9-6-4-5-7-13-9/h4-7,10H,8H2,1-3H3. The zero-order valence-electron chi connectivity index (χ0n) is 10.6. The molecule has 1 aromatic heterocycles. The highest BCUT2D eigenvalue weighted by molar-refractivity contribution is 5.95. The molecule has 0 bridgehead atoms. The monoisotopic (exact) mass is 252 g/mol. The Kier molecular flexibility index (Phi) is 5.26. The number of likely N-dealkylation sites (N-methyl/N-ethyl adjacent to an activating group) is 1. The van der Waals surface area contributed by atoms with E-state index in [1.54, 1.807) is 18.2 Å². The summed E-state index contributed by atoms with van der Waals surface area (Å²) < 4.78 is 9.56. The Morgan fingerprint density at radius 1 is 1.39 bits per heavy atom. The van der Waals surface area contributed by atoms with Gasteiger partial charge >= 0.3 is 5.97 Å². The molecule has 0 N–H and O–H groups in total. The minimum atomic E-state index is -0.783. The van der Waals surface area contributed by atoms with Crippen molar-refractivity contribution in [1.29, 1.82) is 0 Å². The molecule has 6 heteroatoms. The molecule has 0 aliphatic carbocycles. The topological polar surface area (TPSA) is 68.7 Å². The molecule has 0 fully saturated rings. The number of hydrogen-bond acceptors (Lipinski definition) is 5. The van der Waals surface area contributed by atoms with Crippen molar-refractivity contribution in [2.45, 2.75) is 6.04 Å². The van der Waals surface area contributed by atoms with Gasteiger partial charge in [-0.25, -0.2) is 4.79 Å². The fourth-order valence-electron chi connectivity index (χ4n) is 1.44. The van der Waals surface area contributed by atoms with Crippen molar-refractivity contribution in [3.05, 3.63) is 30.1 Å². The van der Waals surface area contributed by atoms with Crippen LogP contribution >= 0.6 is 0 Å². The van der Waals surface area contributed by atoms with E-state index in [9.17, 15) is 9.59 Å². The molecule has 1 rings (SSSR count). The number of carbonyl (C=O) groups is 2. The molecule has 0 aliphatic rings. The summed E-state index contributed by atoms with van der Waals surface area (Å²) in [5, 5.41) is 0. The Hall–Kier alpha value is -1.95. The lowest BCUT2D eigenvalue weighted by Gasteiger charge is -2.25. The van der Waals surface area contributed by atoms with Gasteiger partial charge in [0.05, 0.1) is 13.7 Å². The van der Waals surface area contributed by atoms with E-state index in [-0.39, 0.29) is 18.2 Å². The fraction of sp³-hybridized carbons (Fsp3) is 0.417. The summed E-state index contributed by atoms with van der Waals surface area (Å²) in [6.45, 7) is 0.0712. The molecule has 6 nitrogen and oxygen atoms in total. The summed E-state index contributed by atoms with van der Waals surface area (Å²) in [5.41, 5.74) is 0.269. The lowest BCUT2D eigenvalue weighted by molar-refractivity contribution is -0.147. The zero-order valence-corrected chi connectivity index (χ0v) is 10.6. The van der Waals surface area contributed by atoms with Gasteiger partial charge in [0.25, 0.3) is 5.91 Å². The molecule has 0 radical (unpaired) electrons. The fourth-order valence-corrected chi connectivity index (χ4v) is 1.44. The SMILES string of the molecule is COCC(C(=O)OC)N(C)C(=O)c1ccccn1. The van der Waals surface area contributed by atoms with E-state index in [4.69, 9.17) is 4.74 Å². The number of carbonyl (C=O) groups excluding carboxylic acids is 2. The summed E-state index contributed by atoms with van der Waals surface area (Å²) in [4.78, 5) is 28.8. The Morgan fingerprint density at radius 2 is 2.11 bits per heavy atom. The first kappa shape index (κ1) is 14.1. The van der Waals surface area contributed by atoms with E-state index < -0.39 is 12.0 Å². The van der Waals surface area contributed by atoms with Crippen LogP contribution in [0, 0.1) is 0 Å². The van der Waals surface area contributed by atoms with E-state index in [1.807, 2.05) is 0 Å². The van der Waals surface area contributed by atoms with E-state index in [0.717, 1.165) is 0 Å². The molecule has 0 spiro atoms. The first-order valence-corrected chi connectivity index (χ1v) is 5.36. The van der Waals surface area contributed by atoms with Crippen LogP contribution in [0.5, 0.6) is 0 Å². The van der Waals surface area contributed by atoms with Gasteiger partial charge in [0, 0.05) is 20.4 Å². The van der Waals surface area contributed by atoms with Crippen LogP contribution < -0.4 is 0 Å². The van der Waals surface area contributed by atoms with E-state index in [0.29, 0.717) is 0 Å². The van der Waals surface area contributed by atoms with Gasteiger partial charge in [0.2, 0.25) is 0 Å². The largest absolute Gasteiger partial charge is 0.467 e. The maximum Gasteiger partial charge on any atom is 0.331 e. The molecule has 0 saturated carbocycles. The molecular weight excluding hydrogens is 236 g/mol. The summed E-state index contributed by atoms with van der Waals surface area (Å²) in [7, 11) is 4.23. The number of pyridine rings is 1. The van der Waals surface area contributed by atoms with Crippen LogP contribution in [0.1, 0.15) is 10.5 Å². The minimum Gasteiger partial charge on any atom is -0.467 e. The highest BCUT2D eigenvalue weighted by Gasteiger charge is 2.28. The van der Waals surface area contributed by atoms with E-state index in [1.165, 1.54) is 32.4 Å². The number of methoxy groups -OCH3 is 2. The maximum atomic E-state index is 12.1. The van der Waals surface area contributed by atoms with Gasteiger partial charge in [-0.1, -0.05) is 6.07 Å². The zero-order chi connectivity index (χ0) is 13.5. The second-order valence-electron chi connectivity index (χ2n) is 3.63. The Balaban J connectivity index is 2.86. The van der Waals surface area contributed by atoms with Crippen molar-refractivity contribution in [3.8, 4) is 0 Å². The van der Waals surface area contributed by atoms with Crippen molar-refractivity contribution < 1.29 is 19.1 Å². The highest BCUT2D eigenvalue weighted by atomic mass is 16.5. The van der Waals surface area contributed by atoms with Crippen LogP contribution in [-0.2, 0) is 14.3 Å². The molecule has 0 aromatic carbocycles. The summed E-state index contributed by atoms with van der Waals surface area (Å²) in [6, 6.07) is 4.22. The van der Waals surface area contributed by atoms with Crippen LogP contribution in [-0.4, -0.2) is 55.7 Å². The molecule has 1 unspecified atom stereocenters. The van der Waals surface area contributed by atoms with Gasteiger partial charge in [-0.15, -0.1) is 0 Å². The van der Waals surface area contributed by atoms with Crippen molar-refractivity contribution in [1.82, 2.24) is 9.88 Å². The number of esters is 1. The van der Waals surface area contributed by atoms with Crippen LogP contribution in [0.2, 0.25) is 0 Å². The molecule has 0 saturated heterocycles. The number of amides is 1. The van der Waals surface area contributed by atoms with Crippen molar-refractivity contribution in [2.75, 3.05) is 27.9 Å². The third kappa shape index (κ3) is 3.27. The van der Waals surface area contributed by atoms with E-state index in [2.05, 4.69) is 9.72 Å². The number of ether oxygens (including phenoxy) is 2. The Bertz CT molecular complexity index is 408. The minimum absolute atomic E-state index is 0.0712. The quantitative estimate of drug-likeness (QED) is 0.707. The van der Waals surface area contributed by atoms with Gasteiger partial charge in [-0.05, 0) is 12.1 Å². The number of hydrogen-bond donors (Lipinski definition) is 0. The van der Waals surface area contributed by atoms with Crippen LogP contribution in [0.15, 0.2) is 24.4 Å². The van der Waals surface area contributed by atoms with E-state index >= 15 is 0 Å². The molecule has 1 aromatic rings. The second-order valence-corrected chi connectivity index (χ2v) is 3.63. The first-order chi connectivity index (χ1) is 8.61. The Morgan fingerprint density at radius 3 is 2.61 bits per heavy atom. The smallest absolute Gasteiger partial charge is 0.331 e. The average Bonchev–Trinajstić information content (AvgIpc) is 2.43. The summed E-state index contributed by atoms with van der Waals surface area (Å²) >= 11 is 0. The number of nitrogens with zero attached hydrogens (tertiary/aromatic N) is 2. The van der Waals surface area contributed by atoms with Gasteiger partial charge in [0.1, 0.15) is 5.69 Å². The van der Waals surface area contributed by atoms with Crippen molar-refractivity contribution in [3.63, 3.8) is 0 Å². The third-order valence-corrected chi connectivity index (χ3v) is 2.47. The summed E-state index contributed by atoms with van der Waals surface area (Å²) in [5.74, 6) is -0.883. The Labute approximate surface area is 106 Å². The third-order valence-electron chi connectivity index (χ3n) is 2.47. The van der Waals surface area contributed by atoms with Crippen molar-refractivity contribution >= 4 is 11.9 Å². The van der Waals surface area contributed by atoms with Crippen LogP contribution in [0.3, 0.4) is 0 Å². The normalized spacial score (nSPS) is 11.7. The predicted molar refractivity (Wildman–Crippen MR) is 64.0 cm³/mol. The maximum absolute atomic E-state index is 12.1. The van der Waals surface area contributed by atoms with Gasteiger partial charge < -0.3 is 14.4 Å². The molecular formula is C12H16N2O4. The second kappa shape index (κ2) is 6.70. The molecule has 98 valence electrons. The van der Waals surface area contributed by atoms with Crippen LogP contribution in [0.25, 0.3) is 0 Å². The molecule has 1 heterocycles.